The first-order valence-corrected chi connectivity index (χ1v) is 9.75. The maximum Gasteiger partial charge on any atom is 0.330 e. The van der Waals surface area contributed by atoms with Crippen LogP contribution in [0.15, 0.2) is 40.3 Å². The monoisotopic (exact) mass is 467 g/mol. The molecule has 1 atom stereocenters. The maximum absolute atomic E-state index is 14.0. The number of aliphatic hydroxyl groups excluding tert-OH is 1. The summed E-state index contributed by atoms with van der Waals surface area (Å²) in [4.78, 5) is 23.5. The highest BCUT2D eigenvalue weighted by molar-refractivity contribution is 6.16. The fourth-order valence-corrected chi connectivity index (χ4v) is 3.57. The topological polar surface area (TPSA) is 80.5 Å². The highest BCUT2D eigenvalue weighted by Crippen LogP contribution is 2.34. The highest BCUT2D eigenvalue weighted by atomic mass is 19.3. The van der Waals surface area contributed by atoms with Gasteiger partial charge in [0.15, 0.2) is 17.5 Å². The van der Waals surface area contributed by atoms with Crippen molar-refractivity contribution < 1.29 is 31.9 Å². The summed E-state index contributed by atoms with van der Waals surface area (Å²) in [5, 5.41) is 11.5. The number of benzene rings is 2. The van der Waals surface area contributed by atoms with E-state index in [1.54, 1.807) is 6.92 Å². The Morgan fingerprint density at radius 1 is 1.21 bits per heavy atom. The van der Waals surface area contributed by atoms with E-state index in [0.717, 1.165) is 29.2 Å². The van der Waals surface area contributed by atoms with Crippen molar-refractivity contribution in [3.8, 4) is 0 Å². The fraction of sp³-hybridized carbons (Fsp3) is 0.286. The Morgan fingerprint density at radius 3 is 2.52 bits per heavy atom. The number of aliphatic hydroxyl groups is 1. The van der Waals surface area contributed by atoms with Crippen LogP contribution < -0.4 is 5.32 Å². The van der Waals surface area contributed by atoms with E-state index < -0.39 is 47.6 Å². The number of nitrogens with zero attached hydrogens (tertiary/aromatic N) is 4. The minimum atomic E-state index is -3.51. The van der Waals surface area contributed by atoms with Crippen molar-refractivity contribution in [1.29, 1.82) is 0 Å². The van der Waals surface area contributed by atoms with E-state index in [1.807, 2.05) is 0 Å². The van der Waals surface area contributed by atoms with E-state index >= 15 is 0 Å². The Bertz CT molecular complexity index is 1180. The number of guanidine groups is 2. The minimum Gasteiger partial charge on any atom is -0.390 e. The second-order valence-corrected chi connectivity index (χ2v) is 7.61. The molecule has 0 aliphatic carbocycles. The zero-order valence-electron chi connectivity index (χ0n) is 17.4. The van der Waals surface area contributed by atoms with Gasteiger partial charge in [-0.25, -0.2) is 28.0 Å². The standard InChI is InChI=1S/C21H18F5N5O2/c1-10-3-4-12(21(25,26)9-32)7-15(10)28-18-29-20(33)30(2)19-27-8-16(31(18)19)11-5-13(22)17(24)14(23)6-11/h3-7,16,32H,8-9H2,1-2H3,(H,28,29,33). The van der Waals surface area contributed by atoms with Crippen LogP contribution in [0.3, 0.4) is 0 Å². The molecule has 0 aromatic heterocycles. The van der Waals surface area contributed by atoms with E-state index in [0.29, 0.717) is 5.56 Å². The lowest BCUT2D eigenvalue weighted by molar-refractivity contribution is -0.0555. The summed E-state index contributed by atoms with van der Waals surface area (Å²) < 4.78 is 69.2. The third-order valence-corrected chi connectivity index (χ3v) is 5.43. The number of rotatable bonds is 4. The molecule has 7 nitrogen and oxygen atoms in total. The van der Waals surface area contributed by atoms with Crippen LogP contribution in [0.2, 0.25) is 0 Å². The van der Waals surface area contributed by atoms with Crippen molar-refractivity contribution in [2.45, 2.75) is 18.9 Å². The molecule has 2 aliphatic rings. The van der Waals surface area contributed by atoms with E-state index in [9.17, 15) is 26.7 Å². The lowest BCUT2D eigenvalue weighted by atomic mass is 10.0. The molecule has 2 N–H and O–H groups in total. The van der Waals surface area contributed by atoms with Crippen molar-refractivity contribution in [3.63, 3.8) is 0 Å². The molecule has 0 spiro atoms. The summed E-state index contributed by atoms with van der Waals surface area (Å²) in [6.07, 6.45) is 0. The molecule has 1 fully saturated rings. The van der Waals surface area contributed by atoms with Gasteiger partial charge in [0.05, 0.1) is 18.3 Å². The molecule has 12 heteroatoms. The Hall–Kier alpha value is -3.54. The van der Waals surface area contributed by atoms with E-state index in [4.69, 9.17) is 5.11 Å². The fourth-order valence-electron chi connectivity index (χ4n) is 3.57. The molecule has 33 heavy (non-hydrogen) atoms. The second kappa shape index (κ2) is 8.10. The van der Waals surface area contributed by atoms with Crippen LogP contribution >= 0.6 is 0 Å². The molecule has 4 rings (SSSR count). The Kier molecular flexibility index (Phi) is 5.56. The van der Waals surface area contributed by atoms with Crippen LogP contribution in [-0.4, -0.2) is 53.1 Å². The van der Waals surface area contributed by atoms with Crippen LogP contribution in [0.4, 0.5) is 32.4 Å². The number of carbonyl (C=O) groups is 1. The van der Waals surface area contributed by atoms with Crippen molar-refractivity contribution in [2.24, 2.45) is 9.98 Å². The average molecular weight is 467 g/mol. The van der Waals surface area contributed by atoms with Gasteiger partial charge in [0, 0.05) is 12.6 Å². The molecule has 2 aliphatic heterocycles. The van der Waals surface area contributed by atoms with Crippen molar-refractivity contribution in [2.75, 3.05) is 20.2 Å². The van der Waals surface area contributed by atoms with Gasteiger partial charge in [0.25, 0.3) is 5.92 Å². The molecular weight excluding hydrogens is 449 g/mol. The lowest BCUT2D eigenvalue weighted by Gasteiger charge is -2.36. The van der Waals surface area contributed by atoms with Gasteiger partial charge < -0.3 is 5.11 Å². The van der Waals surface area contributed by atoms with Crippen LogP contribution in [0, 0.1) is 24.4 Å². The number of aryl methyl sites for hydroxylation is 1. The molecule has 1 saturated heterocycles. The van der Waals surface area contributed by atoms with Crippen molar-refractivity contribution >= 4 is 23.6 Å². The molecule has 0 radical (unpaired) electrons. The molecule has 174 valence electrons. The van der Waals surface area contributed by atoms with Gasteiger partial charge in [0.1, 0.15) is 6.61 Å². The number of halogens is 5. The van der Waals surface area contributed by atoms with E-state index in [-0.39, 0.29) is 29.7 Å². The molecule has 1 unspecified atom stereocenters. The Balaban J connectivity index is 1.81. The maximum atomic E-state index is 14.0. The Labute approximate surface area is 184 Å². The largest absolute Gasteiger partial charge is 0.390 e. The van der Waals surface area contributed by atoms with Gasteiger partial charge in [-0.3, -0.25) is 15.1 Å². The number of carbonyl (C=O) groups excluding carboxylic acids is 1. The van der Waals surface area contributed by atoms with Crippen molar-refractivity contribution in [1.82, 2.24) is 15.1 Å². The van der Waals surface area contributed by atoms with Gasteiger partial charge in [-0.15, -0.1) is 0 Å². The number of aliphatic imine (C=N–C) groups is 2. The van der Waals surface area contributed by atoms with E-state index in [2.05, 4.69) is 15.3 Å². The molecule has 2 amide bonds. The lowest BCUT2D eigenvalue weighted by Crippen LogP contribution is -2.61. The Morgan fingerprint density at radius 2 is 1.88 bits per heavy atom. The summed E-state index contributed by atoms with van der Waals surface area (Å²) >= 11 is 0. The highest BCUT2D eigenvalue weighted by Gasteiger charge is 2.42. The molecular formula is C21H18F5N5O2. The number of hydrogen-bond acceptors (Lipinski definition) is 4. The third-order valence-electron chi connectivity index (χ3n) is 5.43. The van der Waals surface area contributed by atoms with Gasteiger partial charge in [-0.2, -0.15) is 8.78 Å². The van der Waals surface area contributed by atoms with Crippen LogP contribution in [0.1, 0.15) is 22.7 Å². The zero-order chi connectivity index (χ0) is 24.1. The summed E-state index contributed by atoms with van der Waals surface area (Å²) in [7, 11) is 1.42. The van der Waals surface area contributed by atoms with Gasteiger partial charge in [-0.05, 0) is 36.2 Å². The number of alkyl halides is 2. The molecule has 2 aromatic rings. The average Bonchev–Trinajstić information content (AvgIpc) is 3.22. The predicted octanol–water partition coefficient (Wildman–Crippen LogP) is 3.55. The molecule has 0 saturated carbocycles. The normalized spacial score (nSPS) is 19.6. The van der Waals surface area contributed by atoms with Crippen LogP contribution in [0.5, 0.6) is 0 Å². The van der Waals surface area contributed by atoms with Gasteiger partial charge in [0.2, 0.25) is 11.9 Å². The first kappa shape index (κ1) is 22.6. The quantitative estimate of drug-likeness (QED) is 0.533. The number of urea groups is 1. The minimum absolute atomic E-state index is 0.0280. The third kappa shape index (κ3) is 3.90. The van der Waals surface area contributed by atoms with Crippen LogP contribution in [0.25, 0.3) is 0 Å². The predicted molar refractivity (Wildman–Crippen MR) is 109 cm³/mol. The smallest absolute Gasteiger partial charge is 0.330 e. The summed E-state index contributed by atoms with van der Waals surface area (Å²) in [6, 6.07) is 3.78. The summed E-state index contributed by atoms with van der Waals surface area (Å²) in [6.45, 7) is 0.179. The number of nitrogens with one attached hydrogen (secondary N) is 1. The zero-order valence-corrected chi connectivity index (χ0v) is 17.4. The van der Waals surface area contributed by atoms with Crippen LogP contribution in [-0.2, 0) is 5.92 Å². The number of hydrogen-bond donors (Lipinski definition) is 2. The SMILES string of the molecule is Cc1ccc(C(F)(F)CO)cc1N=C1NC(=O)N(C)C2=NCC(c3cc(F)c(F)c(F)c3)N12. The second-order valence-electron chi connectivity index (χ2n) is 7.61. The van der Waals surface area contributed by atoms with E-state index in [1.165, 1.54) is 18.0 Å². The van der Waals surface area contributed by atoms with Gasteiger partial charge in [-0.1, -0.05) is 12.1 Å². The molecule has 2 heterocycles. The number of fused-ring (bicyclic) bond motifs is 1. The first-order chi connectivity index (χ1) is 15.5. The summed E-state index contributed by atoms with van der Waals surface area (Å²) in [5.41, 5.74) is 0.117. The summed E-state index contributed by atoms with van der Waals surface area (Å²) in [5.74, 6) is -7.90. The van der Waals surface area contributed by atoms with Crippen molar-refractivity contribution in [3.05, 3.63) is 64.5 Å². The molecule has 2 aromatic carbocycles. The number of amides is 2. The van der Waals surface area contributed by atoms with Gasteiger partial charge >= 0.3 is 6.03 Å². The molecule has 0 bridgehead atoms. The first-order valence-electron chi connectivity index (χ1n) is 9.75.